The molecule has 0 radical (unpaired) electrons. The zero-order valence-corrected chi connectivity index (χ0v) is 8.72. The minimum atomic E-state index is -0.867. The van der Waals surface area contributed by atoms with Crippen LogP contribution in [0.4, 0.5) is 10.5 Å². The van der Waals surface area contributed by atoms with Crippen molar-refractivity contribution in [2.45, 2.75) is 0 Å². The van der Waals surface area contributed by atoms with Crippen molar-refractivity contribution in [2.24, 2.45) is 0 Å². The summed E-state index contributed by atoms with van der Waals surface area (Å²) in [6, 6.07) is 2.73. The predicted octanol–water partition coefficient (Wildman–Crippen LogP) is 2.72. The molecular formula is C8H7Cl2NO3. The zero-order chi connectivity index (χ0) is 10.7. The number of nitrogens with two attached hydrogens (primary N) is 1. The fraction of sp³-hybridized carbons (Fsp3) is 0.125. The molecule has 0 saturated carbocycles. The van der Waals surface area contributed by atoms with Crippen LogP contribution in [0.2, 0.25) is 10.0 Å². The predicted molar refractivity (Wildman–Crippen MR) is 53.9 cm³/mol. The molecule has 0 aliphatic heterocycles. The average Bonchev–Trinajstić information content (AvgIpc) is 2.14. The molecule has 2 N–H and O–H groups in total. The Hall–Kier alpha value is -1.13. The second-order valence-corrected chi connectivity index (χ2v) is 3.17. The lowest BCUT2D eigenvalue weighted by Crippen LogP contribution is -2.07. The molecule has 0 fully saturated rings. The van der Waals surface area contributed by atoms with Crippen molar-refractivity contribution in [3.05, 3.63) is 22.2 Å². The highest BCUT2D eigenvalue weighted by molar-refractivity contribution is 6.37. The van der Waals surface area contributed by atoms with Crippen molar-refractivity contribution in [1.29, 1.82) is 0 Å². The van der Waals surface area contributed by atoms with Gasteiger partial charge in [-0.3, -0.25) is 0 Å². The lowest BCUT2D eigenvalue weighted by Gasteiger charge is -2.06. The summed E-state index contributed by atoms with van der Waals surface area (Å²) in [7, 11) is 1.19. The Balaban J connectivity index is 2.98. The van der Waals surface area contributed by atoms with E-state index in [1.807, 2.05) is 0 Å². The summed E-state index contributed by atoms with van der Waals surface area (Å²) < 4.78 is 8.98. The molecule has 1 aromatic carbocycles. The second kappa shape index (κ2) is 4.39. The van der Waals surface area contributed by atoms with E-state index >= 15 is 0 Å². The maximum atomic E-state index is 10.8. The number of hydrogen-bond acceptors (Lipinski definition) is 4. The van der Waals surface area contributed by atoms with Crippen LogP contribution >= 0.6 is 23.2 Å². The first kappa shape index (κ1) is 10.9. The summed E-state index contributed by atoms with van der Waals surface area (Å²) in [5.74, 6) is 0.111. The molecule has 1 rings (SSSR count). The van der Waals surface area contributed by atoms with Crippen molar-refractivity contribution in [1.82, 2.24) is 0 Å². The number of nitrogen functional groups attached to an aromatic ring is 1. The lowest BCUT2D eigenvalue weighted by atomic mass is 10.3. The number of carbonyl (C=O) groups is 1. The van der Waals surface area contributed by atoms with E-state index < -0.39 is 6.16 Å². The smallest absolute Gasteiger partial charge is 0.437 e. The third kappa shape index (κ3) is 2.43. The molecule has 0 unspecified atom stereocenters. The maximum absolute atomic E-state index is 10.8. The van der Waals surface area contributed by atoms with Gasteiger partial charge < -0.3 is 15.2 Å². The Morgan fingerprint density at radius 1 is 1.36 bits per heavy atom. The van der Waals surface area contributed by atoms with Gasteiger partial charge in [-0.05, 0) is 6.07 Å². The monoisotopic (exact) mass is 235 g/mol. The van der Waals surface area contributed by atoms with Crippen LogP contribution in [0.5, 0.6) is 5.75 Å². The second-order valence-electron chi connectivity index (χ2n) is 2.36. The van der Waals surface area contributed by atoms with Crippen LogP contribution in [0.1, 0.15) is 0 Å². The first-order valence-electron chi connectivity index (χ1n) is 3.55. The molecule has 0 saturated heterocycles. The zero-order valence-electron chi connectivity index (χ0n) is 7.21. The molecule has 0 spiro atoms. The molecule has 0 atom stereocenters. The Morgan fingerprint density at radius 2 is 2.00 bits per heavy atom. The van der Waals surface area contributed by atoms with Gasteiger partial charge in [-0.1, -0.05) is 23.2 Å². The average molecular weight is 236 g/mol. The highest BCUT2D eigenvalue weighted by Crippen LogP contribution is 2.32. The van der Waals surface area contributed by atoms with E-state index in [9.17, 15) is 4.79 Å². The lowest BCUT2D eigenvalue weighted by molar-refractivity contribution is 0.121. The molecule has 0 amide bonds. The van der Waals surface area contributed by atoms with Crippen LogP contribution in [-0.2, 0) is 4.74 Å². The minimum Gasteiger partial charge on any atom is -0.437 e. The molecule has 76 valence electrons. The molecule has 1 aromatic rings. The van der Waals surface area contributed by atoms with E-state index in [-0.39, 0.29) is 16.5 Å². The molecule has 0 aliphatic rings. The minimum absolute atomic E-state index is 0.111. The molecule has 0 bridgehead atoms. The Bertz CT molecular complexity index is 368. The fourth-order valence-corrected chi connectivity index (χ4v) is 1.18. The Morgan fingerprint density at radius 3 is 2.57 bits per heavy atom. The van der Waals surface area contributed by atoms with Gasteiger partial charge in [0.2, 0.25) is 0 Å². The molecular weight excluding hydrogens is 229 g/mol. The number of anilines is 1. The molecule has 4 nitrogen and oxygen atoms in total. The van der Waals surface area contributed by atoms with Gasteiger partial charge in [-0.25, -0.2) is 4.79 Å². The number of hydrogen-bond donors (Lipinski definition) is 1. The molecule has 6 heteroatoms. The normalized spacial score (nSPS) is 9.64. The SMILES string of the molecule is COC(=O)Oc1cc(N)c(Cl)cc1Cl. The topological polar surface area (TPSA) is 61.5 Å². The highest BCUT2D eigenvalue weighted by Gasteiger charge is 2.10. The maximum Gasteiger partial charge on any atom is 0.513 e. The van der Waals surface area contributed by atoms with Crippen LogP contribution in [0.3, 0.4) is 0 Å². The number of ether oxygens (including phenoxy) is 2. The summed E-state index contributed by atoms with van der Waals surface area (Å²) in [4.78, 5) is 10.8. The molecule has 0 aliphatic carbocycles. The van der Waals surface area contributed by atoms with Gasteiger partial charge in [-0.15, -0.1) is 0 Å². The van der Waals surface area contributed by atoms with Crippen molar-refractivity contribution in [3.63, 3.8) is 0 Å². The number of carbonyl (C=O) groups excluding carboxylic acids is 1. The molecule has 14 heavy (non-hydrogen) atoms. The van der Waals surface area contributed by atoms with Crippen molar-refractivity contribution in [2.75, 3.05) is 12.8 Å². The number of benzene rings is 1. The third-order valence-electron chi connectivity index (χ3n) is 1.41. The summed E-state index contributed by atoms with van der Waals surface area (Å²) in [5.41, 5.74) is 5.76. The molecule has 0 aromatic heterocycles. The van der Waals surface area contributed by atoms with Crippen LogP contribution in [0, 0.1) is 0 Å². The number of rotatable bonds is 1. The fourth-order valence-electron chi connectivity index (χ4n) is 0.755. The van der Waals surface area contributed by atoms with Crippen LogP contribution < -0.4 is 10.5 Å². The highest BCUT2D eigenvalue weighted by atomic mass is 35.5. The van der Waals surface area contributed by atoms with Crippen molar-refractivity contribution in [3.8, 4) is 5.75 Å². The van der Waals surface area contributed by atoms with Crippen molar-refractivity contribution >= 4 is 35.0 Å². The Kier molecular flexibility index (Phi) is 3.43. The van der Waals surface area contributed by atoms with E-state index in [4.69, 9.17) is 33.7 Å². The number of halogens is 2. The van der Waals surface area contributed by atoms with Crippen LogP contribution in [0.15, 0.2) is 12.1 Å². The summed E-state index contributed by atoms with van der Waals surface area (Å²) in [5, 5.41) is 0.488. The van der Waals surface area contributed by atoms with Gasteiger partial charge in [0.05, 0.1) is 22.8 Å². The van der Waals surface area contributed by atoms with Gasteiger partial charge in [0.25, 0.3) is 0 Å². The van der Waals surface area contributed by atoms with Gasteiger partial charge in [0.1, 0.15) is 0 Å². The third-order valence-corrected chi connectivity index (χ3v) is 2.03. The van der Waals surface area contributed by atoms with Gasteiger partial charge in [0.15, 0.2) is 5.75 Å². The van der Waals surface area contributed by atoms with E-state index in [1.165, 1.54) is 19.2 Å². The number of methoxy groups -OCH3 is 1. The van der Waals surface area contributed by atoms with Gasteiger partial charge >= 0.3 is 6.16 Å². The van der Waals surface area contributed by atoms with Crippen LogP contribution in [0.25, 0.3) is 0 Å². The van der Waals surface area contributed by atoms with Gasteiger partial charge in [-0.2, -0.15) is 0 Å². The van der Waals surface area contributed by atoms with E-state index in [1.54, 1.807) is 0 Å². The summed E-state index contributed by atoms with van der Waals surface area (Å²) in [6.07, 6.45) is -0.867. The largest absolute Gasteiger partial charge is 0.513 e. The quantitative estimate of drug-likeness (QED) is 0.462. The first-order valence-corrected chi connectivity index (χ1v) is 4.30. The summed E-state index contributed by atoms with van der Waals surface area (Å²) in [6.45, 7) is 0. The van der Waals surface area contributed by atoms with E-state index in [0.717, 1.165) is 0 Å². The summed E-state index contributed by atoms with van der Waals surface area (Å²) >= 11 is 11.4. The first-order chi connectivity index (χ1) is 6.54. The Labute approximate surface area is 90.5 Å². The molecule has 0 heterocycles. The van der Waals surface area contributed by atoms with Crippen molar-refractivity contribution < 1.29 is 14.3 Å². The van der Waals surface area contributed by atoms with Crippen LogP contribution in [-0.4, -0.2) is 13.3 Å². The van der Waals surface area contributed by atoms with Gasteiger partial charge in [0, 0.05) is 6.07 Å². The van der Waals surface area contributed by atoms with E-state index in [0.29, 0.717) is 5.02 Å². The van der Waals surface area contributed by atoms with E-state index in [2.05, 4.69) is 4.74 Å². The standard InChI is InChI=1S/C8H7Cl2NO3/c1-13-8(12)14-7-3-6(11)4(9)2-5(7)10/h2-3H,11H2,1H3.